The second kappa shape index (κ2) is 10.00. The number of carbonyl (C=O) groups is 1. The lowest BCUT2D eigenvalue weighted by Gasteiger charge is -2.10. The summed E-state index contributed by atoms with van der Waals surface area (Å²) in [5, 5.41) is 2.94. The van der Waals surface area contributed by atoms with E-state index in [9.17, 15) is 4.79 Å². The van der Waals surface area contributed by atoms with Crippen LogP contribution in [0, 0.1) is 0 Å². The fourth-order valence-electron chi connectivity index (χ4n) is 3.50. The third-order valence-electron chi connectivity index (χ3n) is 5.00. The Hall–Kier alpha value is -3.51. The van der Waals surface area contributed by atoms with Crippen LogP contribution in [0.25, 0.3) is 28.2 Å². The molecule has 31 heavy (non-hydrogen) atoms. The zero-order chi connectivity index (χ0) is 21.5. The summed E-state index contributed by atoms with van der Waals surface area (Å²) in [6.07, 6.45) is 2.95. The Morgan fingerprint density at radius 2 is 1.84 bits per heavy atom. The highest BCUT2D eigenvalue weighted by Gasteiger charge is 2.15. The molecule has 6 heteroatoms. The smallest absolute Gasteiger partial charge is 0.224 e. The van der Waals surface area contributed by atoms with Crippen molar-refractivity contribution in [3.63, 3.8) is 0 Å². The molecule has 0 aliphatic carbocycles. The van der Waals surface area contributed by atoms with Crippen molar-refractivity contribution in [1.82, 2.24) is 19.9 Å². The fraction of sp³-hybridized carbons (Fsp3) is 0.240. The Balaban J connectivity index is 1.54. The lowest BCUT2D eigenvalue weighted by atomic mass is 10.1. The van der Waals surface area contributed by atoms with Crippen LogP contribution in [0.2, 0.25) is 0 Å². The van der Waals surface area contributed by atoms with Gasteiger partial charge in [0.1, 0.15) is 11.3 Å². The van der Waals surface area contributed by atoms with Crippen molar-refractivity contribution in [1.29, 1.82) is 0 Å². The van der Waals surface area contributed by atoms with Crippen LogP contribution in [0.1, 0.15) is 18.9 Å². The summed E-state index contributed by atoms with van der Waals surface area (Å²) in [5.41, 5.74) is 4.60. The summed E-state index contributed by atoms with van der Waals surface area (Å²) < 4.78 is 7.35. The first kappa shape index (κ1) is 20.8. The van der Waals surface area contributed by atoms with Crippen LogP contribution in [0.4, 0.5) is 0 Å². The van der Waals surface area contributed by atoms with E-state index in [1.165, 1.54) is 0 Å². The maximum absolute atomic E-state index is 12.2. The van der Waals surface area contributed by atoms with Gasteiger partial charge < -0.3 is 10.1 Å². The van der Waals surface area contributed by atoms with Gasteiger partial charge in [-0.2, -0.15) is 0 Å². The lowest BCUT2D eigenvalue weighted by molar-refractivity contribution is -0.120. The SMILES string of the molecule is CCOCCCNC(=O)Cc1ccc(-n2c(-c3ccccc3)nc3cccnc32)cc1. The van der Waals surface area contributed by atoms with Crippen LogP contribution < -0.4 is 5.32 Å². The fourth-order valence-corrected chi connectivity index (χ4v) is 3.50. The molecule has 6 nitrogen and oxygen atoms in total. The molecule has 0 spiro atoms. The molecule has 4 aromatic rings. The van der Waals surface area contributed by atoms with Crippen molar-refractivity contribution in [2.75, 3.05) is 19.8 Å². The van der Waals surface area contributed by atoms with Crippen LogP contribution in [-0.4, -0.2) is 40.2 Å². The van der Waals surface area contributed by atoms with E-state index in [1.54, 1.807) is 6.20 Å². The van der Waals surface area contributed by atoms with Gasteiger partial charge in [0.05, 0.1) is 6.42 Å². The normalized spacial score (nSPS) is 11.0. The monoisotopic (exact) mass is 414 g/mol. The molecule has 4 rings (SSSR count). The molecule has 0 saturated carbocycles. The van der Waals surface area contributed by atoms with Crippen LogP contribution in [-0.2, 0) is 16.0 Å². The molecule has 0 unspecified atom stereocenters. The largest absolute Gasteiger partial charge is 0.382 e. The number of fused-ring (bicyclic) bond motifs is 1. The number of imidazole rings is 1. The number of aromatic nitrogens is 3. The summed E-state index contributed by atoms with van der Waals surface area (Å²) in [7, 11) is 0. The predicted octanol–water partition coefficient (Wildman–Crippen LogP) is 4.17. The van der Waals surface area contributed by atoms with Gasteiger partial charge >= 0.3 is 0 Å². The molecule has 0 bridgehead atoms. The van der Waals surface area contributed by atoms with Crippen molar-refractivity contribution in [3.05, 3.63) is 78.5 Å². The Kier molecular flexibility index (Phi) is 6.69. The van der Waals surface area contributed by atoms with E-state index < -0.39 is 0 Å². The van der Waals surface area contributed by atoms with Gasteiger partial charge in [-0.15, -0.1) is 0 Å². The highest BCUT2D eigenvalue weighted by molar-refractivity contribution is 5.80. The second-order valence-corrected chi connectivity index (χ2v) is 7.23. The van der Waals surface area contributed by atoms with E-state index in [2.05, 4.69) is 14.9 Å². The minimum absolute atomic E-state index is 0.0176. The quantitative estimate of drug-likeness (QED) is 0.417. The Bertz CT molecular complexity index is 1140. The number of pyridine rings is 1. The number of nitrogens with zero attached hydrogens (tertiary/aromatic N) is 3. The van der Waals surface area contributed by atoms with E-state index in [4.69, 9.17) is 9.72 Å². The van der Waals surface area contributed by atoms with E-state index >= 15 is 0 Å². The maximum Gasteiger partial charge on any atom is 0.224 e. The van der Waals surface area contributed by atoms with Crippen molar-refractivity contribution in [3.8, 4) is 17.1 Å². The summed E-state index contributed by atoms with van der Waals surface area (Å²) in [5.74, 6) is 0.859. The number of ether oxygens (including phenoxy) is 1. The van der Waals surface area contributed by atoms with Crippen LogP contribution in [0.5, 0.6) is 0 Å². The highest BCUT2D eigenvalue weighted by atomic mass is 16.5. The first-order valence-corrected chi connectivity index (χ1v) is 10.6. The van der Waals surface area contributed by atoms with Gasteiger partial charge in [0.15, 0.2) is 5.65 Å². The number of benzene rings is 2. The summed E-state index contributed by atoms with van der Waals surface area (Å²) in [6, 6.07) is 21.9. The molecule has 0 radical (unpaired) electrons. The summed E-state index contributed by atoms with van der Waals surface area (Å²) >= 11 is 0. The Labute approximate surface area is 181 Å². The summed E-state index contributed by atoms with van der Waals surface area (Å²) in [6.45, 7) is 3.97. The first-order chi connectivity index (χ1) is 15.3. The second-order valence-electron chi connectivity index (χ2n) is 7.23. The average molecular weight is 415 g/mol. The molecule has 0 fully saturated rings. The standard InChI is InChI=1S/C25H26N4O2/c1-2-31-17-7-16-26-23(30)18-19-11-13-21(14-12-19)29-24(20-8-4-3-5-9-20)28-22-10-6-15-27-25(22)29/h3-6,8-15H,2,7,16-18H2,1H3,(H,26,30). The average Bonchev–Trinajstić information content (AvgIpc) is 3.20. The topological polar surface area (TPSA) is 69.0 Å². The van der Waals surface area contributed by atoms with Gasteiger partial charge in [-0.25, -0.2) is 9.97 Å². The minimum Gasteiger partial charge on any atom is -0.382 e. The van der Waals surface area contributed by atoms with Crippen LogP contribution >= 0.6 is 0 Å². The molecule has 1 amide bonds. The molecule has 0 saturated heterocycles. The Morgan fingerprint density at radius 3 is 2.61 bits per heavy atom. The van der Waals surface area contributed by atoms with Crippen molar-refractivity contribution < 1.29 is 9.53 Å². The number of rotatable bonds is 9. The molecule has 0 aliphatic heterocycles. The molecule has 0 atom stereocenters. The van der Waals surface area contributed by atoms with Crippen LogP contribution in [0.15, 0.2) is 72.9 Å². The zero-order valence-electron chi connectivity index (χ0n) is 17.6. The molecule has 2 aromatic carbocycles. The highest BCUT2D eigenvalue weighted by Crippen LogP contribution is 2.27. The number of carbonyl (C=O) groups excluding carboxylic acids is 1. The van der Waals surface area contributed by atoms with Gasteiger partial charge in [-0.1, -0.05) is 42.5 Å². The lowest BCUT2D eigenvalue weighted by Crippen LogP contribution is -2.26. The summed E-state index contributed by atoms with van der Waals surface area (Å²) in [4.78, 5) is 21.6. The molecule has 0 aliphatic rings. The van der Waals surface area contributed by atoms with E-state index in [0.717, 1.165) is 40.2 Å². The van der Waals surface area contributed by atoms with Gasteiger partial charge in [0.2, 0.25) is 5.91 Å². The molecular formula is C25H26N4O2. The van der Waals surface area contributed by atoms with Crippen molar-refractivity contribution in [2.45, 2.75) is 19.8 Å². The predicted molar refractivity (Wildman–Crippen MR) is 122 cm³/mol. The molecule has 2 aromatic heterocycles. The van der Waals surface area contributed by atoms with Crippen LogP contribution in [0.3, 0.4) is 0 Å². The van der Waals surface area contributed by atoms with E-state index in [0.29, 0.717) is 26.2 Å². The van der Waals surface area contributed by atoms with Gasteiger partial charge in [-0.3, -0.25) is 9.36 Å². The van der Waals surface area contributed by atoms with Gasteiger partial charge in [-0.05, 0) is 43.2 Å². The van der Waals surface area contributed by atoms with Gasteiger partial charge in [0, 0.05) is 37.2 Å². The Morgan fingerprint density at radius 1 is 1.03 bits per heavy atom. The van der Waals surface area contributed by atoms with E-state index in [-0.39, 0.29) is 5.91 Å². The number of hydrogen-bond acceptors (Lipinski definition) is 4. The zero-order valence-corrected chi connectivity index (χ0v) is 17.6. The third kappa shape index (κ3) is 4.98. The number of hydrogen-bond donors (Lipinski definition) is 1. The molecule has 158 valence electrons. The third-order valence-corrected chi connectivity index (χ3v) is 5.00. The number of nitrogens with one attached hydrogen (secondary N) is 1. The van der Waals surface area contributed by atoms with E-state index in [1.807, 2.05) is 73.7 Å². The van der Waals surface area contributed by atoms with Crippen molar-refractivity contribution >= 4 is 17.1 Å². The van der Waals surface area contributed by atoms with Crippen molar-refractivity contribution in [2.24, 2.45) is 0 Å². The first-order valence-electron chi connectivity index (χ1n) is 10.6. The molecule has 1 N–H and O–H groups in total. The molecule has 2 heterocycles. The number of amides is 1. The van der Waals surface area contributed by atoms with Gasteiger partial charge in [0.25, 0.3) is 0 Å². The maximum atomic E-state index is 12.2. The minimum atomic E-state index is 0.0176. The molecular weight excluding hydrogens is 388 g/mol.